The lowest BCUT2D eigenvalue weighted by Gasteiger charge is -2.56. The Labute approximate surface area is 134 Å². The molecule has 6 heteroatoms. The summed E-state index contributed by atoms with van der Waals surface area (Å²) in [6.45, 7) is 0. The molecule has 0 aliphatic heterocycles. The maximum Gasteiger partial charge on any atom is 0.412 e. The van der Waals surface area contributed by atoms with Crippen molar-refractivity contribution >= 4 is 17.5 Å². The molecule has 23 heavy (non-hydrogen) atoms. The Morgan fingerprint density at radius 2 is 1.57 bits per heavy atom. The lowest BCUT2D eigenvalue weighted by Crippen LogP contribution is -2.57. The Morgan fingerprint density at radius 1 is 1.04 bits per heavy atom. The second kappa shape index (κ2) is 5.22. The van der Waals surface area contributed by atoms with Crippen molar-refractivity contribution in [3.8, 4) is 0 Å². The second-order valence-corrected chi connectivity index (χ2v) is 7.35. The van der Waals surface area contributed by atoms with Crippen molar-refractivity contribution in [2.75, 3.05) is 4.90 Å². The molecule has 4 aliphatic rings. The first-order chi connectivity index (χ1) is 11.0. The Bertz CT molecular complexity index is 614. The summed E-state index contributed by atoms with van der Waals surface area (Å²) in [5.41, 5.74) is 0.546. The molecule has 0 saturated heterocycles. The minimum Gasteiger partial charge on any atom is -0.465 e. The number of nitrogens with zero attached hydrogens (tertiary/aromatic N) is 2. The molecule has 0 unspecified atom stereocenters. The number of hydrogen-bond acceptors (Lipinski definition) is 3. The van der Waals surface area contributed by atoms with E-state index in [0.29, 0.717) is 17.5 Å². The molecule has 122 valence electrons. The third-order valence-corrected chi connectivity index (χ3v) is 6.02. The molecule has 1 aromatic rings. The van der Waals surface area contributed by atoms with Crippen LogP contribution in [0.1, 0.15) is 32.1 Å². The van der Waals surface area contributed by atoms with Crippen molar-refractivity contribution in [2.24, 2.45) is 23.7 Å². The Hall–Kier alpha value is -2.11. The molecular weight excluding hydrogens is 296 g/mol. The lowest BCUT2D eigenvalue weighted by atomic mass is 9.54. The van der Waals surface area contributed by atoms with E-state index in [1.165, 1.54) is 23.5 Å². The van der Waals surface area contributed by atoms with Crippen molar-refractivity contribution in [2.45, 2.75) is 38.1 Å². The van der Waals surface area contributed by atoms with Crippen LogP contribution in [-0.2, 0) is 0 Å². The third kappa shape index (κ3) is 2.36. The van der Waals surface area contributed by atoms with Crippen LogP contribution in [0.4, 0.5) is 16.2 Å². The van der Waals surface area contributed by atoms with Crippen LogP contribution in [0.15, 0.2) is 24.3 Å². The molecule has 4 aliphatic carbocycles. The van der Waals surface area contributed by atoms with Gasteiger partial charge < -0.3 is 5.11 Å². The van der Waals surface area contributed by atoms with Crippen LogP contribution < -0.4 is 4.90 Å². The van der Waals surface area contributed by atoms with Gasteiger partial charge in [0.25, 0.3) is 5.69 Å². The number of nitro benzene ring substituents is 1. The second-order valence-electron chi connectivity index (χ2n) is 7.35. The number of carbonyl (C=O) groups is 1. The quantitative estimate of drug-likeness (QED) is 0.677. The molecule has 4 fully saturated rings. The smallest absolute Gasteiger partial charge is 0.412 e. The van der Waals surface area contributed by atoms with Gasteiger partial charge in [0.15, 0.2) is 0 Å². The molecule has 5 rings (SSSR count). The van der Waals surface area contributed by atoms with Gasteiger partial charge in [-0.2, -0.15) is 0 Å². The molecule has 0 atom stereocenters. The van der Waals surface area contributed by atoms with Gasteiger partial charge >= 0.3 is 6.09 Å². The number of carboxylic acid groups (broad SMARTS) is 1. The van der Waals surface area contributed by atoms with Gasteiger partial charge in [-0.25, -0.2) is 4.79 Å². The Balaban J connectivity index is 1.66. The van der Waals surface area contributed by atoms with E-state index in [1.54, 1.807) is 12.1 Å². The lowest BCUT2D eigenvalue weighted by molar-refractivity contribution is -0.384. The molecule has 1 N–H and O–H groups in total. The average Bonchev–Trinajstić information content (AvgIpc) is 2.50. The molecule has 4 saturated carbocycles. The topological polar surface area (TPSA) is 83.7 Å². The summed E-state index contributed by atoms with van der Waals surface area (Å²) in [6.07, 6.45) is 4.91. The van der Waals surface area contributed by atoms with Crippen molar-refractivity contribution in [1.82, 2.24) is 0 Å². The summed E-state index contributed by atoms with van der Waals surface area (Å²) in [7, 11) is 0. The van der Waals surface area contributed by atoms with Crippen LogP contribution in [0.3, 0.4) is 0 Å². The maximum absolute atomic E-state index is 11.9. The molecule has 6 nitrogen and oxygen atoms in total. The van der Waals surface area contributed by atoms with E-state index >= 15 is 0 Å². The third-order valence-electron chi connectivity index (χ3n) is 6.02. The van der Waals surface area contributed by atoms with Crippen molar-refractivity contribution in [3.05, 3.63) is 34.4 Å². The van der Waals surface area contributed by atoms with Gasteiger partial charge in [-0.05, 0) is 67.9 Å². The van der Waals surface area contributed by atoms with Gasteiger partial charge in [0.1, 0.15) is 0 Å². The number of amides is 1. The Morgan fingerprint density at radius 3 is 2.00 bits per heavy atom. The highest BCUT2D eigenvalue weighted by atomic mass is 16.6. The fourth-order valence-electron chi connectivity index (χ4n) is 5.46. The zero-order chi connectivity index (χ0) is 16.1. The van der Waals surface area contributed by atoms with Crippen LogP contribution in [0.5, 0.6) is 0 Å². The molecule has 0 heterocycles. The normalized spacial score (nSPS) is 34.3. The summed E-state index contributed by atoms with van der Waals surface area (Å²) in [4.78, 5) is 23.8. The largest absolute Gasteiger partial charge is 0.465 e. The minimum atomic E-state index is -0.948. The number of anilines is 1. The van der Waals surface area contributed by atoms with Crippen LogP contribution in [0.25, 0.3) is 0 Å². The van der Waals surface area contributed by atoms with E-state index in [4.69, 9.17) is 0 Å². The maximum atomic E-state index is 11.9. The number of rotatable bonds is 3. The van der Waals surface area contributed by atoms with Gasteiger partial charge in [0.2, 0.25) is 0 Å². The first-order valence-corrected chi connectivity index (χ1v) is 8.29. The highest BCUT2D eigenvalue weighted by molar-refractivity contribution is 5.87. The zero-order valence-electron chi connectivity index (χ0n) is 12.8. The Kier molecular flexibility index (Phi) is 3.28. The summed E-state index contributed by atoms with van der Waals surface area (Å²) in [5.74, 6) is 2.44. The van der Waals surface area contributed by atoms with Crippen LogP contribution >= 0.6 is 0 Å². The molecular formula is C17H20N2O4. The highest BCUT2D eigenvalue weighted by Gasteiger charge is 2.51. The standard InChI is InChI=1S/C17H20N2O4/c20-17(21)18(14-1-3-15(4-2-14)19(22)23)16-12-6-10-5-11(8-12)9-13(16)7-10/h1-4,10-13,16H,5-9H2,(H,20,21). The van der Waals surface area contributed by atoms with Crippen molar-refractivity contribution in [3.63, 3.8) is 0 Å². The van der Waals surface area contributed by atoms with E-state index in [-0.39, 0.29) is 11.7 Å². The average molecular weight is 316 g/mol. The first kappa shape index (κ1) is 14.5. The molecule has 0 radical (unpaired) electrons. The van der Waals surface area contributed by atoms with E-state index in [0.717, 1.165) is 37.5 Å². The van der Waals surface area contributed by atoms with Gasteiger partial charge in [-0.1, -0.05) is 0 Å². The van der Waals surface area contributed by atoms with E-state index in [1.807, 2.05) is 0 Å². The van der Waals surface area contributed by atoms with Crippen LogP contribution in [0.2, 0.25) is 0 Å². The minimum absolute atomic E-state index is 0.0100. The summed E-state index contributed by atoms with van der Waals surface area (Å²) in [6, 6.07) is 5.94. The van der Waals surface area contributed by atoms with Gasteiger partial charge in [0.05, 0.1) is 4.92 Å². The SMILES string of the molecule is O=C(O)N(c1ccc([N+](=O)[O-])cc1)C1C2CC3CC(C2)CC1C3. The summed E-state index contributed by atoms with van der Waals surface area (Å²) < 4.78 is 0. The molecule has 1 aromatic carbocycles. The fraction of sp³-hybridized carbons (Fsp3) is 0.588. The molecule has 1 amide bonds. The predicted molar refractivity (Wildman–Crippen MR) is 84.4 cm³/mol. The fourth-order valence-corrected chi connectivity index (χ4v) is 5.46. The molecule has 0 spiro atoms. The first-order valence-electron chi connectivity index (χ1n) is 8.29. The highest BCUT2D eigenvalue weighted by Crippen LogP contribution is 2.55. The number of nitro groups is 1. The van der Waals surface area contributed by atoms with Gasteiger partial charge in [-0.15, -0.1) is 0 Å². The van der Waals surface area contributed by atoms with Gasteiger partial charge in [-0.3, -0.25) is 15.0 Å². The number of benzene rings is 1. The van der Waals surface area contributed by atoms with Gasteiger partial charge in [0, 0.05) is 23.9 Å². The van der Waals surface area contributed by atoms with Crippen molar-refractivity contribution < 1.29 is 14.8 Å². The monoisotopic (exact) mass is 316 g/mol. The predicted octanol–water partition coefficient (Wildman–Crippen LogP) is 3.90. The summed E-state index contributed by atoms with van der Waals surface area (Å²) in [5, 5.41) is 20.6. The van der Waals surface area contributed by atoms with E-state index in [9.17, 15) is 20.0 Å². The van der Waals surface area contributed by atoms with Crippen LogP contribution in [0, 0.1) is 33.8 Å². The molecule has 4 bridgehead atoms. The van der Waals surface area contributed by atoms with E-state index < -0.39 is 11.0 Å². The zero-order valence-corrected chi connectivity index (χ0v) is 12.8. The molecule has 0 aromatic heterocycles. The number of non-ortho nitro benzene ring substituents is 1. The van der Waals surface area contributed by atoms with E-state index in [2.05, 4.69) is 0 Å². The van der Waals surface area contributed by atoms with Crippen molar-refractivity contribution in [1.29, 1.82) is 0 Å². The number of hydrogen-bond donors (Lipinski definition) is 1. The summed E-state index contributed by atoms with van der Waals surface area (Å²) >= 11 is 0. The van der Waals surface area contributed by atoms with Crippen LogP contribution in [-0.4, -0.2) is 22.2 Å².